The van der Waals surface area contributed by atoms with E-state index in [1.54, 1.807) is 0 Å². The molecule has 1 aromatic rings. The summed E-state index contributed by atoms with van der Waals surface area (Å²) < 4.78 is 18.8. The van der Waals surface area contributed by atoms with E-state index in [0.29, 0.717) is 26.1 Å². The minimum atomic E-state index is -1.35. The molecule has 0 unspecified atom stereocenters. The smallest absolute Gasteiger partial charge is 0.338 e. The highest BCUT2D eigenvalue weighted by Gasteiger charge is 2.38. The van der Waals surface area contributed by atoms with Gasteiger partial charge in [0.2, 0.25) is 5.91 Å². The number of rotatable bonds is 4. The van der Waals surface area contributed by atoms with Crippen molar-refractivity contribution in [2.45, 2.75) is 12.8 Å². The summed E-state index contributed by atoms with van der Waals surface area (Å²) in [6.07, 6.45) is 1.01. The van der Waals surface area contributed by atoms with Gasteiger partial charge in [-0.25, -0.2) is 9.18 Å². The second kappa shape index (κ2) is 6.19. The number of amides is 1. The van der Waals surface area contributed by atoms with Gasteiger partial charge in [0.15, 0.2) is 0 Å². The number of anilines is 1. The number of carboxylic acid groups (broad SMARTS) is 1. The molecule has 0 aromatic heterocycles. The Hall–Kier alpha value is -1.99. The van der Waals surface area contributed by atoms with Crippen LogP contribution in [0.1, 0.15) is 23.2 Å². The highest BCUT2D eigenvalue weighted by molar-refractivity contribution is 5.96. The van der Waals surface area contributed by atoms with E-state index in [2.05, 4.69) is 5.32 Å². The van der Waals surface area contributed by atoms with Crippen molar-refractivity contribution in [1.29, 1.82) is 0 Å². The second-order valence-corrected chi connectivity index (χ2v) is 5.05. The summed E-state index contributed by atoms with van der Waals surface area (Å²) in [7, 11) is 0. The zero-order valence-corrected chi connectivity index (χ0v) is 11.4. The first-order valence-electron chi connectivity index (χ1n) is 6.61. The van der Waals surface area contributed by atoms with Gasteiger partial charge in [-0.3, -0.25) is 4.79 Å². The first kappa shape index (κ1) is 15.4. The molecule has 1 aliphatic rings. The number of nitrogens with one attached hydrogen (secondary N) is 1. The minimum absolute atomic E-state index is 0.178. The highest BCUT2D eigenvalue weighted by atomic mass is 19.1. The van der Waals surface area contributed by atoms with Crippen molar-refractivity contribution in [3.05, 3.63) is 29.6 Å². The number of carboxylic acids is 1. The molecule has 1 heterocycles. The molecule has 114 valence electrons. The maximum atomic E-state index is 13.6. The molecule has 1 saturated heterocycles. The van der Waals surface area contributed by atoms with Gasteiger partial charge in [-0.05, 0) is 31.0 Å². The van der Waals surface area contributed by atoms with Crippen LogP contribution in [0.3, 0.4) is 0 Å². The molecule has 0 bridgehead atoms. The lowest BCUT2D eigenvalue weighted by molar-refractivity contribution is -0.130. The van der Waals surface area contributed by atoms with E-state index in [1.165, 1.54) is 6.07 Å². The lowest BCUT2D eigenvalue weighted by atomic mass is 9.79. The fourth-order valence-electron chi connectivity index (χ4n) is 2.32. The molecule has 21 heavy (non-hydrogen) atoms. The van der Waals surface area contributed by atoms with Crippen molar-refractivity contribution in [1.82, 2.24) is 0 Å². The summed E-state index contributed by atoms with van der Waals surface area (Å²) in [6.45, 7) is 1.09. The van der Waals surface area contributed by atoms with E-state index >= 15 is 0 Å². The second-order valence-electron chi connectivity index (χ2n) is 5.05. The van der Waals surface area contributed by atoms with Crippen LogP contribution in [-0.2, 0) is 9.53 Å². The average Bonchev–Trinajstić information content (AvgIpc) is 2.47. The zero-order valence-electron chi connectivity index (χ0n) is 11.4. The monoisotopic (exact) mass is 296 g/mol. The Morgan fingerprint density at radius 2 is 2.05 bits per heavy atom. The molecule has 0 radical (unpaired) electrons. The van der Waals surface area contributed by atoms with Crippen molar-refractivity contribution in [3.63, 3.8) is 0 Å². The Morgan fingerprint density at radius 3 is 2.57 bits per heavy atom. The molecule has 0 aliphatic carbocycles. The van der Waals surface area contributed by atoms with Crippen molar-refractivity contribution in [2.75, 3.05) is 25.1 Å². The molecule has 7 heteroatoms. The molecular weight excluding hydrogens is 279 g/mol. The van der Waals surface area contributed by atoms with E-state index in [0.717, 1.165) is 12.1 Å². The number of ether oxygens (including phenoxy) is 1. The molecule has 6 nitrogen and oxygen atoms in total. The normalized spacial score (nSPS) is 17.2. The summed E-state index contributed by atoms with van der Waals surface area (Å²) >= 11 is 0. The summed E-state index contributed by atoms with van der Waals surface area (Å²) in [6, 6.07) is 3.46. The molecular formula is C14H17FN2O4. The molecule has 0 spiro atoms. The topological polar surface area (TPSA) is 102 Å². The van der Waals surface area contributed by atoms with Crippen LogP contribution in [0, 0.1) is 11.2 Å². The summed E-state index contributed by atoms with van der Waals surface area (Å²) in [5.74, 6) is -2.54. The van der Waals surface area contributed by atoms with Crippen molar-refractivity contribution < 1.29 is 23.8 Å². The number of halogens is 1. The number of nitrogens with two attached hydrogens (primary N) is 1. The third-order valence-corrected chi connectivity index (χ3v) is 3.78. The number of hydrogen-bond acceptors (Lipinski definition) is 4. The lowest BCUT2D eigenvalue weighted by Gasteiger charge is -2.34. The molecule has 1 aromatic carbocycles. The van der Waals surface area contributed by atoms with Crippen molar-refractivity contribution >= 4 is 17.6 Å². The maximum absolute atomic E-state index is 13.6. The highest BCUT2D eigenvalue weighted by Crippen LogP contribution is 2.31. The van der Waals surface area contributed by atoms with Crippen LogP contribution < -0.4 is 11.1 Å². The van der Waals surface area contributed by atoms with Gasteiger partial charge in [0.25, 0.3) is 0 Å². The molecule has 0 atom stereocenters. The molecule has 1 amide bonds. The van der Waals surface area contributed by atoms with Crippen LogP contribution in [0.2, 0.25) is 0 Å². The van der Waals surface area contributed by atoms with Gasteiger partial charge in [-0.1, -0.05) is 0 Å². The lowest BCUT2D eigenvalue weighted by Crippen LogP contribution is -2.46. The van der Waals surface area contributed by atoms with Crippen LogP contribution in [-0.4, -0.2) is 36.7 Å². The third-order valence-electron chi connectivity index (χ3n) is 3.78. The Kier molecular flexibility index (Phi) is 4.54. The van der Waals surface area contributed by atoms with E-state index in [9.17, 15) is 14.0 Å². The minimum Gasteiger partial charge on any atom is -0.478 e. The molecule has 4 N–H and O–H groups in total. The maximum Gasteiger partial charge on any atom is 0.338 e. The van der Waals surface area contributed by atoms with E-state index in [-0.39, 0.29) is 18.1 Å². The van der Waals surface area contributed by atoms with Gasteiger partial charge in [0.1, 0.15) is 5.82 Å². The Labute approximate surface area is 121 Å². The van der Waals surface area contributed by atoms with Crippen molar-refractivity contribution in [3.8, 4) is 0 Å². The first-order valence-corrected chi connectivity index (χ1v) is 6.61. The quantitative estimate of drug-likeness (QED) is 0.775. The predicted octanol–water partition coefficient (Wildman–Crippen LogP) is 1.22. The number of carbonyl (C=O) groups is 2. The summed E-state index contributed by atoms with van der Waals surface area (Å²) in [4.78, 5) is 23.1. The Morgan fingerprint density at radius 1 is 1.38 bits per heavy atom. The number of benzene rings is 1. The van der Waals surface area contributed by atoms with E-state index in [4.69, 9.17) is 15.6 Å². The Bertz CT molecular complexity index is 556. The van der Waals surface area contributed by atoms with Crippen LogP contribution in [0.4, 0.5) is 10.1 Å². The van der Waals surface area contributed by atoms with Crippen LogP contribution in [0.15, 0.2) is 18.2 Å². The number of carbonyl (C=O) groups excluding carboxylic acids is 1. The van der Waals surface area contributed by atoms with E-state index in [1.807, 2.05) is 0 Å². The molecule has 2 rings (SSSR count). The Balaban J connectivity index is 2.15. The van der Waals surface area contributed by atoms with Crippen LogP contribution >= 0.6 is 0 Å². The van der Waals surface area contributed by atoms with Gasteiger partial charge >= 0.3 is 5.97 Å². The fourth-order valence-corrected chi connectivity index (χ4v) is 2.32. The van der Waals surface area contributed by atoms with E-state index < -0.39 is 22.8 Å². The fraction of sp³-hybridized carbons (Fsp3) is 0.429. The SMILES string of the molecule is NCC1(C(=O)Nc2ccc(C(=O)O)c(F)c2)CCOCC1. The van der Waals surface area contributed by atoms with Crippen LogP contribution in [0.25, 0.3) is 0 Å². The van der Waals surface area contributed by atoms with Gasteiger partial charge in [-0.2, -0.15) is 0 Å². The van der Waals surface area contributed by atoms with Crippen LogP contribution in [0.5, 0.6) is 0 Å². The predicted molar refractivity (Wildman–Crippen MR) is 73.5 cm³/mol. The number of aromatic carboxylic acids is 1. The average molecular weight is 296 g/mol. The number of hydrogen-bond donors (Lipinski definition) is 3. The summed E-state index contributed by atoms with van der Waals surface area (Å²) in [5, 5.41) is 11.4. The van der Waals surface area contributed by atoms with Gasteiger partial charge in [0.05, 0.1) is 11.0 Å². The van der Waals surface area contributed by atoms with Gasteiger partial charge in [0, 0.05) is 25.4 Å². The van der Waals surface area contributed by atoms with Gasteiger partial charge < -0.3 is 20.9 Å². The standard InChI is InChI=1S/C14H17FN2O4/c15-11-7-9(1-2-10(11)12(18)19)17-13(20)14(8-16)3-5-21-6-4-14/h1-2,7H,3-6,8,16H2,(H,17,20)(H,18,19). The molecule has 0 saturated carbocycles. The third kappa shape index (κ3) is 3.20. The van der Waals surface area contributed by atoms with Crippen molar-refractivity contribution in [2.24, 2.45) is 11.1 Å². The van der Waals surface area contributed by atoms with Gasteiger partial charge in [-0.15, -0.1) is 0 Å². The zero-order chi connectivity index (χ0) is 15.5. The largest absolute Gasteiger partial charge is 0.478 e. The summed E-state index contributed by atoms with van der Waals surface area (Å²) in [5.41, 5.74) is 4.77. The molecule has 1 fully saturated rings. The molecule has 1 aliphatic heterocycles. The first-order chi connectivity index (χ1) is 9.98.